The van der Waals surface area contributed by atoms with Crippen molar-refractivity contribution in [3.05, 3.63) is 17.5 Å². The van der Waals surface area contributed by atoms with Gasteiger partial charge in [-0.2, -0.15) is 9.36 Å². The Balaban J connectivity index is 1.76. The molecule has 0 bridgehead atoms. The number of urea groups is 1. The number of nitrogens with one attached hydrogen (secondary N) is 1. The first-order valence-corrected chi connectivity index (χ1v) is 8.53. The van der Waals surface area contributed by atoms with Crippen LogP contribution in [0.4, 0.5) is 9.93 Å². The van der Waals surface area contributed by atoms with Gasteiger partial charge in [0.1, 0.15) is 11.9 Å². The Hall–Kier alpha value is -2.03. The molecule has 124 valence electrons. The summed E-state index contributed by atoms with van der Waals surface area (Å²) in [7, 11) is 0. The smallest absolute Gasteiger partial charge is 0.324 e. The van der Waals surface area contributed by atoms with Crippen molar-refractivity contribution in [2.75, 3.05) is 11.9 Å². The molecule has 0 saturated carbocycles. The molecule has 3 rings (SSSR count). The lowest BCUT2D eigenvalue weighted by atomic mass is 10.0. The van der Waals surface area contributed by atoms with Crippen LogP contribution in [-0.4, -0.2) is 37.0 Å². The second-order valence-corrected chi connectivity index (χ2v) is 6.68. The lowest BCUT2D eigenvalue weighted by Gasteiger charge is -2.32. The minimum atomic E-state index is -0.199. The normalized spacial score (nSPS) is 18.4. The molecule has 0 aromatic carbocycles. The third kappa shape index (κ3) is 3.49. The Morgan fingerprint density at radius 1 is 1.39 bits per heavy atom. The monoisotopic (exact) mass is 336 g/mol. The van der Waals surface area contributed by atoms with Crippen LogP contribution in [0.15, 0.2) is 4.52 Å². The number of amides is 2. The molecule has 9 heteroatoms. The van der Waals surface area contributed by atoms with Gasteiger partial charge in [0.25, 0.3) is 0 Å². The Bertz CT molecular complexity index is 682. The van der Waals surface area contributed by atoms with E-state index in [-0.39, 0.29) is 18.0 Å². The molecule has 2 aromatic rings. The third-order valence-corrected chi connectivity index (χ3v) is 4.49. The van der Waals surface area contributed by atoms with Gasteiger partial charge in [-0.05, 0) is 26.2 Å². The Kier molecular flexibility index (Phi) is 4.56. The second kappa shape index (κ2) is 6.61. The SMILES string of the molecule is Cc1nsc(NC(=O)N2CCCCC2c2nc(C(C)C)no2)n1. The van der Waals surface area contributed by atoms with Gasteiger partial charge in [-0.1, -0.05) is 19.0 Å². The van der Waals surface area contributed by atoms with Crippen LogP contribution in [0.25, 0.3) is 0 Å². The van der Waals surface area contributed by atoms with Crippen LogP contribution >= 0.6 is 11.5 Å². The number of carbonyl (C=O) groups excluding carboxylic acids is 1. The average Bonchev–Trinajstić information content (AvgIpc) is 3.16. The largest absolute Gasteiger partial charge is 0.337 e. The molecule has 2 amide bonds. The fourth-order valence-corrected chi connectivity index (χ4v) is 3.12. The zero-order chi connectivity index (χ0) is 16.4. The fraction of sp³-hybridized carbons (Fsp3) is 0.643. The average molecular weight is 336 g/mol. The van der Waals surface area contributed by atoms with Gasteiger partial charge in [-0.3, -0.25) is 5.32 Å². The second-order valence-electron chi connectivity index (χ2n) is 5.93. The maximum Gasteiger partial charge on any atom is 0.324 e. The summed E-state index contributed by atoms with van der Waals surface area (Å²) in [6, 6.07) is -0.382. The van der Waals surface area contributed by atoms with Crippen molar-refractivity contribution in [1.82, 2.24) is 24.4 Å². The number of aromatic nitrogens is 4. The van der Waals surface area contributed by atoms with E-state index < -0.39 is 0 Å². The molecule has 0 radical (unpaired) electrons. The highest BCUT2D eigenvalue weighted by atomic mass is 32.1. The predicted molar refractivity (Wildman–Crippen MR) is 85.3 cm³/mol. The molecule has 1 N–H and O–H groups in total. The van der Waals surface area contributed by atoms with Crippen molar-refractivity contribution in [3.8, 4) is 0 Å². The number of hydrogen-bond donors (Lipinski definition) is 1. The van der Waals surface area contributed by atoms with E-state index in [9.17, 15) is 4.79 Å². The zero-order valence-electron chi connectivity index (χ0n) is 13.4. The topological polar surface area (TPSA) is 97.0 Å². The first-order valence-electron chi connectivity index (χ1n) is 7.76. The highest BCUT2D eigenvalue weighted by Gasteiger charge is 2.32. The molecule has 1 atom stereocenters. The molecule has 1 unspecified atom stereocenters. The third-order valence-electron chi connectivity index (χ3n) is 3.76. The predicted octanol–water partition coefficient (Wildman–Crippen LogP) is 3.11. The molecular weight excluding hydrogens is 316 g/mol. The number of carbonyl (C=O) groups is 1. The first kappa shape index (κ1) is 15.9. The van der Waals surface area contributed by atoms with Crippen LogP contribution < -0.4 is 5.32 Å². The van der Waals surface area contributed by atoms with E-state index in [4.69, 9.17) is 4.52 Å². The van der Waals surface area contributed by atoms with E-state index in [0.29, 0.717) is 29.2 Å². The van der Waals surface area contributed by atoms with Crippen LogP contribution in [0.5, 0.6) is 0 Å². The van der Waals surface area contributed by atoms with Crippen LogP contribution in [0, 0.1) is 6.92 Å². The Labute approximate surface area is 138 Å². The number of piperidine rings is 1. The standard InChI is InChI=1S/C14H20N6O2S/c1-8(2)11-16-12(22-18-11)10-6-4-5-7-20(10)14(21)17-13-15-9(3)19-23-13/h8,10H,4-7H2,1-3H3,(H,15,17,19,21). The fourth-order valence-electron chi connectivity index (χ4n) is 2.56. The molecule has 8 nitrogen and oxygen atoms in total. The van der Waals surface area contributed by atoms with Gasteiger partial charge in [0.05, 0.1) is 0 Å². The number of hydrogen-bond acceptors (Lipinski definition) is 7. The number of aryl methyl sites for hydroxylation is 1. The lowest BCUT2D eigenvalue weighted by Crippen LogP contribution is -2.41. The summed E-state index contributed by atoms with van der Waals surface area (Å²) in [5.74, 6) is 2.03. The molecule has 2 aromatic heterocycles. The van der Waals surface area contributed by atoms with Gasteiger partial charge in [-0.15, -0.1) is 0 Å². The van der Waals surface area contributed by atoms with Gasteiger partial charge in [-0.25, -0.2) is 9.78 Å². The molecule has 3 heterocycles. The zero-order valence-corrected chi connectivity index (χ0v) is 14.3. The Morgan fingerprint density at radius 3 is 2.87 bits per heavy atom. The molecule has 1 fully saturated rings. The molecule has 1 saturated heterocycles. The van der Waals surface area contributed by atoms with Gasteiger partial charge in [0, 0.05) is 24.0 Å². The lowest BCUT2D eigenvalue weighted by molar-refractivity contribution is 0.142. The van der Waals surface area contributed by atoms with Crippen molar-refractivity contribution in [2.24, 2.45) is 0 Å². The van der Waals surface area contributed by atoms with Crippen LogP contribution in [0.3, 0.4) is 0 Å². The summed E-state index contributed by atoms with van der Waals surface area (Å²) < 4.78 is 9.46. The van der Waals surface area contributed by atoms with Crippen molar-refractivity contribution in [3.63, 3.8) is 0 Å². The summed E-state index contributed by atoms with van der Waals surface area (Å²) in [4.78, 5) is 22.9. The highest BCUT2D eigenvalue weighted by molar-refractivity contribution is 7.09. The van der Waals surface area contributed by atoms with Gasteiger partial charge < -0.3 is 9.42 Å². The molecule has 23 heavy (non-hydrogen) atoms. The summed E-state index contributed by atoms with van der Waals surface area (Å²) in [5, 5.41) is 7.32. The van der Waals surface area contributed by atoms with Crippen molar-refractivity contribution in [2.45, 2.75) is 52.0 Å². The maximum atomic E-state index is 12.6. The number of likely N-dealkylation sites (tertiary alicyclic amines) is 1. The van der Waals surface area contributed by atoms with E-state index >= 15 is 0 Å². The van der Waals surface area contributed by atoms with Crippen molar-refractivity contribution < 1.29 is 9.32 Å². The first-order chi connectivity index (χ1) is 11.0. The van der Waals surface area contributed by atoms with Crippen LogP contribution in [0.2, 0.25) is 0 Å². The van der Waals surface area contributed by atoms with E-state index in [2.05, 4.69) is 24.8 Å². The number of anilines is 1. The Morgan fingerprint density at radius 2 is 2.22 bits per heavy atom. The van der Waals surface area contributed by atoms with E-state index in [1.54, 1.807) is 11.8 Å². The minimum Gasteiger partial charge on any atom is -0.337 e. The summed E-state index contributed by atoms with van der Waals surface area (Å²) in [6.45, 7) is 6.48. The van der Waals surface area contributed by atoms with Crippen LogP contribution in [-0.2, 0) is 0 Å². The molecule has 0 spiro atoms. The van der Waals surface area contributed by atoms with Crippen molar-refractivity contribution in [1.29, 1.82) is 0 Å². The number of nitrogens with zero attached hydrogens (tertiary/aromatic N) is 5. The van der Waals surface area contributed by atoms with Gasteiger partial charge in [0.15, 0.2) is 5.82 Å². The molecule has 1 aliphatic rings. The van der Waals surface area contributed by atoms with E-state index in [1.807, 2.05) is 13.8 Å². The minimum absolute atomic E-state index is 0.183. The van der Waals surface area contributed by atoms with Crippen molar-refractivity contribution >= 4 is 22.7 Å². The van der Waals surface area contributed by atoms with Gasteiger partial charge >= 0.3 is 6.03 Å². The van der Waals surface area contributed by atoms with Crippen LogP contribution in [0.1, 0.15) is 62.6 Å². The molecular formula is C14H20N6O2S. The van der Waals surface area contributed by atoms with E-state index in [1.165, 1.54) is 11.5 Å². The number of rotatable bonds is 3. The highest BCUT2D eigenvalue weighted by Crippen LogP contribution is 2.31. The summed E-state index contributed by atoms with van der Waals surface area (Å²) >= 11 is 1.18. The quantitative estimate of drug-likeness (QED) is 0.925. The van der Waals surface area contributed by atoms with E-state index in [0.717, 1.165) is 19.3 Å². The van der Waals surface area contributed by atoms with Gasteiger partial charge in [0.2, 0.25) is 11.0 Å². The summed E-state index contributed by atoms with van der Waals surface area (Å²) in [5.41, 5.74) is 0. The molecule has 1 aliphatic heterocycles. The molecule has 0 aliphatic carbocycles. The summed E-state index contributed by atoms with van der Waals surface area (Å²) in [6.07, 6.45) is 2.82. The maximum absolute atomic E-state index is 12.6.